The van der Waals surface area contributed by atoms with Crippen LogP contribution in [-0.4, -0.2) is 42.3 Å². The number of nitrogens with one attached hydrogen (secondary N) is 1. The van der Waals surface area contributed by atoms with Gasteiger partial charge in [-0.25, -0.2) is 0 Å². The SMILES string of the molecule is Cc1ccc(CN(CCO)CC2CCCN2)s1. The zero-order chi connectivity index (χ0) is 12.1. The van der Waals surface area contributed by atoms with Crippen molar-refractivity contribution in [3.8, 4) is 0 Å². The summed E-state index contributed by atoms with van der Waals surface area (Å²) in [6.45, 7) is 6.33. The lowest BCUT2D eigenvalue weighted by Gasteiger charge is -2.24. The lowest BCUT2D eigenvalue weighted by molar-refractivity contribution is 0.180. The van der Waals surface area contributed by atoms with E-state index in [4.69, 9.17) is 5.11 Å². The van der Waals surface area contributed by atoms with Crippen LogP contribution < -0.4 is 5.32 Å². The second-order valence-electron chi connectivity index (χ2n) is 4.76. The molecule has 96 valence electrons. The second-order valence-corrected chi connectivity index (χ2v) is 6.14. The highest BCUT2D eigenvalue weighted by Crippen LogP contribution is 2.18. The molecule has 2 N–H and O–H groups in total. The molecule has 4 heteroatoms. The molecular formula is C13H22N2OS. The Morgan fingerprint density at radius 3 is 3.00 bits per heavy atom. The van der Waals surface area contributed by atoms with Gasteiger partial charge in [0, 0.05) is 35.4 Å². The summed E-state index contributed by atoms with van der Waals surface area (Å²) >= 11 is 1.86. The van der Waals surface area contributed by atoms with Crippen molar-refractivity contribution >= 4 is 11.3 Å². The lowest BCUT2D eigenvalue weighted by atomic mass is 10.2. The van der Waals surface area contributed by atoms with Crippen LogP contribution in [0.4, 0.5) is 0 Å². The normalized spacial score (nSPS) is 20.3. The van der Waals surface area contributed by atoms with Crippen molar-refractivity contribution in [2.24, 2.45) is 0 Å². The molecule has 1 aliphatic rings. The molecular weight excluding hydrogens is 232 g/mol. The van der Waals surface area contributed by atoms with Crippen molar-refractivity contribution in [3.63, 3.8) is 0 Å². The van der Waals surface area contributed by atoms with E-state index in [9.17, 15) is 0 Å². The minimum absolute atomic E-state index is 0.247. The third-order valence-electron chi connectivity index (χ3n) is 3.23. The Hall–Kier alpha value is -0.420. The third kappa shape index (κ3) is 4.07. The van der Waals surface area contributed by atoms with Gasteiger partial charge >= 0.3 is 0 Å². The number of aliphatic hydroxyl groups is 1. The number of thiophene rings is 1. The second kappa shape index (κ2) is 6.50. The largest absolute Gasteiger partial charge is 0.395 e. The zero-order valence-electron chi connectivity index (χ0n) is 10.5. The Balaban J connectivity index is 1.87. The van der Waals surface area contributed by atoms with Gasteiger partial charge in [-0.3, -0.25) is 4.90 Å². The maximum Gasteiger partial charge on any atom is 0.0558 e. The van der Waals surface area contributed by atoms with E-state index < -0.39 is 0 Å². The number of hydrogen-bond acceptors (Lipinski definition) is 4. The molecule has 3 nitrogen and oxygen atoms in total. The standard InChI is InChI=1S/C13H22N2OS/c1-11-4-5-13(17-11)10-15(7-8-16)9-12-3-2-6-14-12/h4-5,12,14,16H,2-3,6-10H2,1H3. The topological polar surface area (TPSA) is 35.5 Å². The van der Waals surface area contributed by atoms with E-state index in [1.807, 2.05) is 11.3 Å². The van der Waals surface area contributed by atoms with Gasteiger partial charge in [0.05, 0.1) is 6.61 Å². The van der Waals surface area contributed by atoms with Gasteiger partial charge in [0.25, 0.3) is 0 Å². The predicted molar refractivity (Wildman–Crippen MR) is 72.4 cm³/mol. The van der Waals surface area contributed by atoms with Crippen LogP contribution in [0.1, 0.15) is 22.6 Å². The molecule has 1 fully saturated rings. The first-order valence-corrected chi connectivity index (χ1v) is 7.21. The first-order valence-electron chi connectivity index (χ1n) is 6.40. The van der Waals surface area contributed by atoms with Crippen molar-refractivity contribution in [2.45, 2.75) is 32.4 Å². The van der Waals surface area contributed by atoms with Gasteiger partial charge < -0.3 is 10.4 Å². The minimum Gasteiger partial charge on any atom is -0.395 e. The molecule has 0 aromatic carbocycles. The van der Waals surface area contributed by atoms with Gasteiger partial charge in [-0.15, -0.1) is 11.3 Å². The fourth-order valence-corrected chi connectivity index (χ4v) is 3.32. The van der Waals surface area contributed by atoms with Gasteiger partial charge in [0.1, 0.15) is 0 Å². The number of hydrogen-bond donors (Lipinski definition) is 2. The molecule has 1 unspecified atom stereocenters. The first-order chi connectivity index (χ1) is 8.28. The van der Waals surface area contributed by atoms with Crippen LogP contribution in [0.3, 0.4) is 0 Å². The van der Waals surface area contributed by atoms with E-state index in [1.165, 1.54) is 22.6 Å². The summed E-state index contributed by atoms with van der Waals surface area (Å²) in [6, 6.07) is 4.99. The van der Waals surface area contributed by atoms with Crippen LogP contribution in [0.5, 0.6) is 0 Å². The van der Waals surface area contributed by atoms with Gasteiger partial charge in [-0.1, -0.05) is 0 Å². The average molecular weight is 254 g/mol. The Morgan fingerprint density at radius 1 is 1.53 bits per heavy atom. The highest BCUT2D eigenvalue weighted by atomic mass is 32.1. The van der Waals surface area contributed by atoms with Crippen LogP contribution in [0.2, 0.25) is 0 Å². The number of aliphatic hydroxyl groups excluding tert-OH is 1. The Kier molecular flexibility index (Phi) is 4.98. The molecule has 0 bridgehead atoms. The fourth-order valence-electron chi connectivity index (χ4n) is 2.39. The molecule has 1 aromatic heterocycles. The van der Waals surface area contributed by atoms with Crippen molar-refractivity contribution in [3.05, 3.63) is 21.9 Å². The van der Waals surface area contributed by atoms with Crippen LogP contribution in [0.15, 0.2) is 12.1 Å². The van der Waals surface area contributed by atoms with E-state index >= 15 is 0 Å². The smallest absolute Gasteiger partial charge is 0.0558 e. The summed E-state index contributed by atoms with van der Waals surface area (Å²) in [4.78, 5) is 5.12. The zero-order valence-corrected chi connectivity index (χ0v) is 11.3. The van der Waals surface area contributed by atoms with E-state index in [1.54, 1.807) is 0 Å². The maximum atomic E-state index is 9.14. The van der Waals surface area contributed by atoms with E-state index in [0.717, 1.165) is 26.2 Å². The fraction of sp³-hybridized carbons (Fsp3) is 0.692. The Labute approximate surface area is 107 Å². The van der Waals surface area contributed by atoms with Crippen molar-refractivity contribution < 1.29 is 5.11 Å². The third-order valence-corrected chi connectivity index (χ3v) is 4.22. The van der Waals surface area contributed by atoms with Crippen molar-refractivity contribution in [2.75, 3.05) is 26.2 Å². The lowest BCUT2D eigenvalue weighted by Crippen LogP contribution is -2.38. The summed E-state index contributed by atoms with van der Waals surface area (Å²) in [5.74, 6) is 0. The van der Waals surface area contributed by atoms with Gasteiger partial charge in [0.2, 0.25) is 0 Å². The molecule has 0 amide bonds. The molecule has 0 saturated carbocycles. The molecule has 1 aromatic rings. The molecule has 2 rings (SSSR count). The molecule has 1 saturated heterocycles. The van der Waals surface area contributed by atoms with Crippen molar-refractivity contribution in [1.82, 2.24) is 10.2 Å². The number of rotatable bonds is 6. The molecule has 17 heavy (non-hydrogen) atoms. The monoisotopic (exact) mass is 254 g/mol. The minimum atomic E-state index is 0.247. The van der Waals surface area contributed by atoms with E-state index in [0.29, 0.717) is 6.04 Å². The summed E-state index contributed by atoms with van der Waals surface area (Å²) in [6.07, 6.45) is 2.56. The van der Waals surface area contributed by atoms with Gasteiger partial charge in [-0.2, -0.15) is 0 Å². The summed E-state index contributed by atoms with van der Waals surface area (Å²) in [5.41, 5.74) is 0. The first kappa shape index (κ1) is 13.0. The van der Waals surface area contributed by atoms with Gasteiger partial charge in [-0.05, 0) is 38.4 Å². The maximum absolute atomic E-state index is 9.14. The summed E-state index contributed by atoms with van der Waals surface area (Å²) in [7, 11) is 0. The van der Waals surface area contributed by atoms with Crippen LogP contribution in [0, 0.1) is 6.92 Å². The van der Waals surface area contributed by atoms with Gasteiger partial charge in [0.15, 0.2) is 0 Å². The van der Waals surface area contributed by atoms with E-state index in [2.05, 4.69) is 29.3 Å². The molecule has 0 radical (unpaired) electrons. The quantitative estimate of drug-likeness (QED) is 0.809. The number of nitrogens with zero attached hydrogens (tertiary/aromatic N) is 1. The molecule has 0 aliphatic carbocycles. The van der Waals surface area contributed by atoms with Crippen LogP contribution in [-0.2, 0) is 6.54 Å². The summed E-state index contributed by atoms with van der Waals surface area (Å²) < 4.78 is 0. The van der Waals surface area contributed by atoms with E-state index in [-0.39, 0.29) is 6.61 Å². The predicted octanol–water partition coefficient (Wildman–Crippen LogP) is 1.60. The van der Waals surface area contributed by atoms with Crippen LogP contribution in [0.25, 0.3) is 0 Å². The van der Waals surface area contributed by atoms with Crippen molar-refractivity contribution in [1.29, 1.82) is 0 Å². The Morgan fingerprint density at radius 2 is 2.41 bits per heavy atom. The highest BCUT2D eigenvalue weighted by molar-refractivity contribution is 7.11. The van der Waals surface area contributed by atoms with Crippen LogP contribution >= 0.6 is 11.3 Å². The average Bonchev–Trinajstić information content (AvgIpc) is 2.91. The Bertz CT molecular complexity index is 334. The number of aryl methyl sites for hydroxylation is 1. The molecule has 1 atom stereocenters. The molecule has 0 spiro atoms. The summed E-state index contributed by atoms with van der Waals surface area (Å²) in [5, 5.41) is 12.7. The molecule has 1 aliphatic heterocycles. The molecule has 2 heterocycles. The highest BCUT2D eigenvalue weighted by Gasteiger charge is 2.18.